The predicted molar refractivity (Wildman–Crippen MR) is 112 cm³/mol. The topological polar surface area (TPSA) is 75.4 Å². The first-order chi connectivity index (χ1) is 14.2. The summed E-state index contributed by atoms with van der Waals surface area (Å²) in [5.41, 5.74) is 4.15. The van der Waals surface area contributed by atoms with E-state index in [9.17, 15) is 9.90 Å². The Bertz CT molecular complexity index is 1180. The Morgan fingerprint density at radius 1 is 0.966 bits per heavy atom. The molecule has 5 rings (SSSR count). The number of fused-ring (bicyclic) bond motifs is 1. The number of benzene rings is 2. The lowest BCUT2D eigenvalue weighted by Gasteiger charge is -2.42. The Morgan fingerprint density at radius 3 is 2.38 bits per heavy atom. The van der Waals surface area contributed by atoms with Gasteiger partial charge in [0.25, 0.3) is 0 Å². The molecule has 1 fully saturated rings. The molecule has 5 nitrogen and oxygen atoms in total. The molecule has 2 aromatic carbocycles. The molecule has 5 heteroatoms. The fourth-order valence-electron chi connectivity index (χ4n) is 4.19. The van der Waals surface area contributed by atoms with Crippen LogP contribution in [0.3, 0.4) is 0 Å². The highest BCUT2D eigenvalue weighted by molar-refractivity contribution is 6.00. The lowest BCUT2D eigenvalue weighted by atomic mass is 9.72. The maximum atomic E-state index is 11.2. The van der Waals surface area contributed by atoms with E-state index < -0.39 is 11.6 Å². The normalized spacial score (nSPS) is 15.0. The minimum atomic E-state index is -0.983. The molecule has 1 aliphatic carbocycles. The van der Waals surface area contributed by atoms with Crippen LogP contribution >= 0.6 is 0 Å². The van der Waals surface area contributed by atoms with Crippen LogP contribution in [0.25, 0.3) is 33.6 Å². The SMILES string of the molecule is O=C(O)NC1(c2ccc(-c3oc4ncccc4c3-c3ccccc3)cc2)CCC1. The summed E-state index contributed by atoms with van der Waals surface area (Å²) in [4.78, 5) is 15.6. The number of furan rings is 1. The van der Waals surface area contributed by atoms with Crippen LogP contribution in [0.2, 0.25) is 0 Å². The molecule has 0 bridgehead atoms. The van der Waals surface area contributed by atoms with Gasteiger partial charge < -0.3 is 14.8 Å². The predicted octanol–water partition coefficient (Wildman–Crippen LogP) is 5.81. The van der Waals surface area contributed by atoms with E-state index >= 15 is 0 Å². The minimum absolute atomic E-state index is 0.470. The fraction of sp³-hybridized carbons (Fsp3) is 0.167. The van der Waals surface area contributed by atoms with Gasteiger partial charge in [-0.25, -0.2) is 9.78 Å². The van der Waals surface area contributed by atoms with Crippen molar-refractivity contribution in [3.8, 4) is 22.5 Å². The average Bonchev–Trinajstić information content (AvgIpc) is 3.11. The summed E-state index contributed by atoms with van der Waals surface area (Å²) >= 11 is 0. The summed E-state index contributed by atoms with van der Waals surface area (Å²) in [7, 11) is 0. The van der Waals surface area contributed by atoms with E-state index in [-0.39, 0.29) is 0 Å². The number of hydrogen-bond acceptors (Lipinski definition) is 3. The van der Waals surface area contributed by atoms with Crippen molar-refractivity contribution in [1.82, 2.24) is 10.3 Å². The van der Waals surface area contributed by atoms with Crippen LogP contribution in [0.1, 0.15) is 24.8 Å². The average molecular weight is 384 g/mol. The van der Waals surface area contributed by atoms with Crippen LogP contribution in [-0.2, 0) is 5.54 Å². The van der Waals surface area contributed by atoms with Gasteiger partial charge in [-0.15, -0.1) is 0 Å². The molecule has 29 heavy (non-hydrogen) atoms. The molecule has 2 heterocycles. The highest BCUT2D eigenvalue weighted by atomic mass is 16.4. The van der Waals surface area contributed by atoms with E-state index in [4.69, 9.17) is 4.42 Å². The molecule has 0 radical (unpaired) electrons. The number of rotatable bonds is 4. The van der Waals surface area contributed by atoms with Crippen LogP contribution in [0.15, 0.2) is 77.3 Å². The zero-order valence-electron chi connectivity index (χ0n) is 15.8. The van der Waals surface area contributed by atoms with Gasteiger partial charge in [-0.2, -0.15) is 0 Å². The van der Waals surface area contributed by atoms with Crippen molar-refractivity contribution in [2.45, 2.75) is 24.8 Å². The summed E-state index contributed by atoms with van der Waals surface area (Å²) in [5, 5.41) is 12.9. The van der Waals surface area contributed by atoms with Crippen molar-refractivity contribution in [3.63, 3.8) is 0 Å². The number of carbonyl (C=O) groups is 1. The lowest BCUT2D eigenvalue weighted by Crippen LogP contribution is -2.50. The maximum Gasteiger partial charge on any atom is 0.405 e. The van der Waals surface area contributed by atoms with Crippen LogP contribution in [-0.4, -0.2) is 16.2 Å². The molecule has 0 unspecified atom stereocenters. The number of pyridine rings is 1. The van der Waals surface area contributed by atoms with Crippen molar-refractivity contribution in [1.29, 1.82) is 0 Å². The van der Waals surface area contributed by atoms with Crippen molar-refractivity contribution < 1.29 is 14.3 Å². The number of aromatic nitrogens is 1. The molecule has 0 atom stereocenters. The van der Waals surface area contributed by atoms with Crippen molar-refractivity contribution >= 4 is 17.2 Å². The Labute approximate surface area is 168 Å². The van der Waals surface area contributed by atoms with Gasteiger partial charge in [0, 0.05) is 22.7 Å². The van der Waals surface area contributed by atoms with Gasteiger partial charge in [-0.1, -0.05) is 54.6 Å². The smallest absolute Gasteiger partial charge is 0.405 e. The van der Waals surface area contributed by atoms with E-state index in [0.29, 0.717) is 5.71 Å². The van der Waals surface area contributed by atoms with E-state index in [0.717, 1.165) is 52.7 Å². The summed E-state index contributed by atoms with van der Waals surface area (Å²) in [6, 6.07) is 22.1. The highest BCUT2D eigenvalue weighted by Crippen LogP contribution is 2.43. The molecule has 1 amide bonds. The number of amides is 1. The largest absolute Gasteiger partial charge is 0.465 e. The molecule has 1 saturated carbocycles. The quantitative estimate of drug-likeness (QED) is 0.466. The molecule has 0 aliphatic heterocycles. The van der Waals surface area contributed by atoms with Gasteiger partial charge in [-0.05, 0) is 42.5 Å². The third-order valence-corrected chi connectivity index (χ3v) is 5.78. The second-order valence-electron chi connectivity index (χ2n) is 7.47. The Balaban J connectivity index is 1.61. The highest BCUT2D eigenvalue weighted by Gasteiger charge is 2.40. The number of nitrogens with zero attached hydrogens (tertiary/aromatic N) is 1. The van der Waals surface area contributed by atoms with Crippen molar-refractivity contribution in [2.24, 2.45) is 0 Å². The molecular formula is C24H20N2O3. The molecule has 2 N–H and O–H groups in total. The second-order valence-corrected chi connectivity index (χ2v) is 7.47. The first-order valence-corrected chi connectivity index (χ1v) is 9.71. The maximum absolute atomic E-state index is 11.2. The van der Waals surface area contributed by atoms with Crippen molar-refractivity contribution in [2.75, 3.05) is 0 Å². The summed E-state index contributed by atoms with van der Waals surface area (Å²) < 4.78 is 6.15. The zero-order valence-corrected chi connectivity index (χ0v) is 15.8. The van der Waals surface area contributed by atoms with Gasteiger partial charge in [0.15, 0.2) is 0 Å². The van der Waals surface area contributed by atoms with Gasteiger partial charge in [-0.3, -0.25) is 0 Å². The van der Waals surface area contributed by atoms with E-state index in [1.165, 1.54) is 0 Å². The Kier molecular flexibility index (Phi) is 4.09. The van der Waals surface area contributed by atoms with E-state index in [2.05, 4.69) is 22.4 Å². The first-order valence-electron chi connectivity index (χ1n) is 9.71. The molecule has 144 valence electrons. The molecule has 0 saturated heterocycles. The second kappa shape index (κ2) is 6.78. The minimum Gasteiger partial charge on any atom is -0.465 e. The molecule has 2 aromatic heterocycles. The Hall–Kier alpha value is -3.60. The van der Waals surface area contributed by atoms with Gasteiger partial charge in [0.2, 0.25) is 5.71 Å². The third-order valence-electron chi connectivity index (χ3n) is 5.78. The molecule has 4 aromatic rings. The van der Waals surface area contributed by atoms with Crippen LogP contribution in [0.5, 0.6) is 0 Å². The summed E-state index contributed by atoms with van der Waals surface area (Å²) in [6.45, 7) is 0. The van der Waals surface area contributed by atoms with E-state index in [1.54, 1.807) is 6.20 Å². The lowest BCUT2D eigenvalue weighted by molar-refractivity contribution is 0.144. The van der Waals surface area contributed by atoms with Gasteiger partial charge in [0.05, 0.1) is 5.54 Å². The van der Waals surface area contributed by atoms with Crippen LogP contribution in [0, 0.1) is 0 Å². The van der Waals surface area contributed by atoms with Gasteiger partial charge in [0.1, 0.15) is 5.76 Å². The van der Waals surface area contributed by atoms with E-state index in [1.807, 2.05) is 54.6 Å². The monoisotopic (exact) mass is 384 g/mol. The van der Waals surface area contributed by atoms with Gasteiger partial charge >= 0.3 is 6.09 Å². The third kappa shape index (κ3) is 2.95. The number of hydrogen-bond donors (Lipinski definition) is 2. The first kappa shape index (κ1) is 17.5. The zero-order chi connectivity index (χ0) is 19.8. The number of nitrogens with one attached hydrogen (secondary N) is 1. The Morgan fingerprint density at radius 2 is 1.72 bits per heavy atom. The standard InChI is InChI=1S/C24H20N2O3/c27-23(28)26-24(13-5-14-24)18-11-9-17(10-12-18)21-20(16-6-2-1-3-7-16)19-8-4-15-25-22(19)29-21/h1-4,6-12,15,26H,5,13-14H2,(H,27,28). The van der Waals surface area contributed by atoms with Crippen LogP contribution < -0.4 is 5.32 Å². The molecule has 0 spiro atoms. The van der Waals surface area contributed by atoms with Crippen LogP contribution in [0.4, 0.5) is 4.79 Å². The summed E-state index contributed by atoms with van der Waals surface area (Å²) in [6.07, 6.45) is 3.41. The molecular weight excluding hydrogens is 364 g/mol. The fourth-order valence-corrected chi connectivity index (χ4v) is 4.19. The van der Waals surface area contributed by atoms with Crippen molar-refractivity contribution in [3.05, 3.63) is 78.5 Å². The number of carboxylic acid groups (broad SMARTS) is 1. The molecule has 1 aliphatic rings. The summed E-state index contributed by atoms with van der Waals surface area (Å²) in [5.74, 6) is 0.769.